The van der Waals surface area contributed by atoms with Crippen LogP contribution in [0.4, 0.5) is 0 Å². The van der Waals surface area contributed by atoms with Crippen molar-refractivity contribution in [2.45, 2.75) is 6.04 Å². The van der Waals surface area contributed by atoms with Crippen molar-refractivity contribution in [1.29, 1.82) is 0 Å². The first kappa shape index (κ1) is 11.1. The number of carboxylic acids is 1. The quantitative estimate of drug-likeness (QED) is 0.719. The second-order valence-electron chi connectivity index (χ2n) is 3.49. The lowest BCUT2D eigenvalue weighted by Gasteiger charge is -2.20. The lowest BCUT2D eigenvalue weighted by molar-refractivity contribution is 0.0659. The molecule has 0 aliphatic carbocycles. The monoisotopic (exact) mass is 246 g/mol. The predicted molar refractivity (Wildman–Crippen MR) is 52.9 cm³/mol. The van der Waals surface area contributed by atoms with E-state index in [1.807, 2.05) is 0 Å². The number of carboxylic acid groups (broad SMARTS) is 1. The van der Waals surface area contributed by atoms with Gasteiger partial charge in [0, 0.05) is 6.54 Å². The first-order chi connectivity index (χ1) is 7.48. The van der Waals surface area contributed by atoms with Crippen LogP contribution >= 0.6 is 0 Å². The van der Waals surface area contributed by atoms with Gasteiger partial charge < -0.3 is 14.8 Å². The van der Waals surface area contributed by atoms with Gasteiger partial charge in [-0.3, -0.25) is 0 Å². The number of hydrogen-bond acceptors (Lipinski definition) is 6. The summed E-state index contributed by atoms with van der Waals surface area (Å²) in [5.41, 5.74) is 0. The Labute approximate surface area is 91.4 Å². The van der Waals surface area contributed by atoms with E-state index in [1.54, 1.807) is 0 Å². The third-order valence-electron chi connectivity index (χ3n) is 2.26. The number of aromatic carboxylic acids is 1. The van der Waals surface area contributed by atoms with E-state index >= 15 is 0 Å². The van der Waals surface area contributed by atoms with Gasteiger partial charge in [0.2, 0.25) is 11.7 Å². The Bertz CT molecular complexity index is 506. The van der Waals surface area contributed by atoms with Crippen LogP contribution in [0.1, 0.15) is 22.5 Å². The second kappa shape index (κ2) is 3.87. The number of nitrogens with zero attached hydrogens (tertiary/aromatic N) is 1. The van der Waals surface area contributed by atoms with E-state index in [0.717, 1.165) is 6.20 Å². The Balaban J connectivity index is 2.20. The van der Waals surface area contributed by atoms with Crippen molar-refractivity contribution >= 4 is 15.8 Å². The largest absolute Gasteiger partial charge is 0.475 e. The summed E-state index contributed by atoms with van der Waals surface area (Å²) in [4.78, 5) is 14.3. The van der Waals surface area contributed by atoms with Gasteiger partial charge >= 0.3 is 5.97 Å². The third-order valence-corrected chi connectivity index (χ3v) is 3.92. The molecule has 1 aliphatic heterocycles. The van der Waals surface area contributed by atoms with E-state index in [0.29, 0.717) is 6.54 Å². The number of nitrogens with one attached hydrogen (secondary N) is 1. The molecule has 0 radical (unpaired) electrons. The maximum Gasteiger partial charge on any atom is 0.373 e. The second-order valence-corrected chi connectivity index (χ2v) is 5.72. The zero-order chi connectivity index (χ0) is 11.8. The molecule has 1 atom stereocenters. The van der Waals surface area contributed by atoms with Gasteiger partial charge in [-0.1, -0.05) is 0 Å². The van der Waals surface area contributed by atoms with Crippen molar-refractivity contribution in [2.24, 2.45) is 0 Å². The molecule has 2 rings (SSSR count). The van der Waals surface area contributed by atoms with Crippen LogP contribution < -0.4 is 5.32 Å². The van der Waals surface area contributed by atoms with E-state index < -0.39 is 21.8 Å². The zero-order valence-electron chi connectivity index (χ0n) is 8.21. The highest BCUT2D eigenvalue weighted by Crippen LogP contribution is 2.18. The highest BCUT2D eigenvalue weighted by Gasteiger charge is 2.29. The van der Waals surface area contributed by atoms with Gasteiger partial charge in [0.25, 0.3) is 0 Å². The van der Waals surface area contributed by atoms with Crippen molar-refractivity contribution in [2.75, 3.05) is 18.1 Å². The number of rotatable bonds is 2. The molecule has 1 saturated heterocycles. The average Bonchev–Trinajstić information content (AvgIpc) is 2.64. The molecular weight excluding hydrogens is 236 g/mol. The van der Waals surface area contributed by atoms with Crippen LogP contribution in [-0.4, -0.2) is 42.5 Å². The van der Waals surface area contributed by atoms with E-state index in [-0.39, 0.29) is 23.2 Å². The first-order valence-electron chi connectivity index (χ1n) is 4.61. The molecule has 2 heterocycles. The van der Waals surface area contributed by atoms with E-state index in [2.05, 4.69) is 10.3 Å². The minimum atomic E-state index is -3.10. The Hall–Kier alpha value is -1.41. The number of hydrogen-bond donors (Lipinski definition) is 2. The summed E-state index contributed by atoms with van der Waals surface area (Å²) < 4.78 is 27.6. The van der Waals surface area contributed by atoms with Crippen LogP contribution in [0.25, 0.3) is 0 Å². The molecule has 0 amide bonds. The minimum Gasteiger partial charge on any atom is -0.475 e. The van der Waals surface area contributed by atoms with E-state index in [4.69, 9.17) is 9.52 Å². The molecule has 1 aromatic heterocycles. The van der Waals surface area contributed by atoms with Crippen LogP contribution in [0.2, 0.25) is 0 Å². The van der Waals surface area contributed by atoms with Crippen molar-refractivity contribution in [3.63, 3.8) is 0 Å². The molecule has 8 heteroatoms. The molecule has 1 aliphatic rings. The standard InChI is InChI=1S/C8H10N2O5S/c11-8(12)6-3-10-7(15-6)5-4-16(13,14)2-1-9-5/h3,5,9H,1-2,4H2,(H,11,12). The zero-order valence-corrected chi connectivity index (χ0v) is 9.03. The number of carbonyl (C=O) groups is 1. The van der Waals surface area contributed by atoms with Crippen molar-refractivity contribution in [3.05, 3.63) is 17.8 Å². The molecule has 0 bridgehead atoms. The van der Waals surface area contributed by atoms with Gasteiger partial charge in [0.15, 0.2) is 9.84 Å². The fourth-order valence-corrected chi connectivity index (χ4v) is 2.85. The molecule has 1 aromatic rings. The maximum atomic E-state index is 11.3. The maximum absolute atomic E-state index is 11.3. The summed E-state index contributed by atoms with van der Waals surface area (Å²) in [6, 6.07) is -0.563. The minimum absolute atomic E-state index is 0.0794. The molecule has 0 spiro atoms. The summed E-state index contributed by atoms with van der Waals surface area (Å²) in [6.07, 6.45) is 1.07. The van der Waals surface area contributed by atoms with Crippen molar-refractivity contribution in [1.82, 2.24) is 10.3 Å². The van der Waals surface area contributed by atoms with Crippen LogP contribution in [0.3, 0.4) is 0 Å². The lowest BCUT2D eigenvalue weighted by atomic mass is 10.3. The normalized spacial score (nSPS) is 24.1. The van der Waals surface area contributed by atoms with Crippen LogP contribution in [0.15, 0.2) is 10.6 Å². The fraction of sp³-hybridized carbons (Fsp3) is 0.500. The predicted octanol–water partition coefficient (Wildman–Crippen LogP) is -0.568. The van der Waals surface area contributed by atoms with Gasteiger partial charge in [0.05, 0.1) is 23.7 Å². The molecule has 88 valence electrons. The Morgan fingerprint density at radius 1 is 1.62 bits per heavy atom. The SMILES string of the molecule is O=C(O)c1cnc(C2CS(=O)(=O)CCN2)o1. The molecule has 1 fully saturated rings. The fourth-order valence-electron chi connectivity index (χ4n) is 1.49. The van der Waals surface area contributed by atoms with Crippen LogP contribution in [-0.2, 0) is 9.84 Å². The molecule has 2 N–H and O–H groups in total. The average molecular weight is 246 g/mol. The number of oxazole rings is 1. The first-order valence-corrected chi connectivity index (χ1v) is 6.43. The van der Waals surface area contributed by atoms with Gasteiger partial charge in [0.1, 0.15) is 0 Å². The summed E-state index contributed by atoms with van der Waals surface area (Å²) in [7, 11) is -3.10. The number of aromatic nitrogens is 1. The summed E-state index contributed by atoms with van der Waals surface area (Å²) in [6.45, 7) is 0.317. The molecule has 7 nitrogen and oxygen atoms in total. The Morgan fingerprint density at radius 2 is 2.38 bits per heavy atom. The third kappa shape index (κ3) is 2.22. The molecule has 16 heavy (non-hydrogen) atoms. The summed E-state index contributed by atoms with van der Waals surface area (Å²) in [5, 5.41) is 11.5. The Morgan fingerprint density at radius 3 is 2.94 bits per heavy atom. The van der Waals surface area contributed by atoms with Gasteiger partial charge in [-0.25, -0.2) is 18.2 Å². The van der Waals surface area contributed by atoms with Gasteiger partial charge in [-0.15, -0.1) is 0 Å². The molecule has 0 saturated carbocycles. The summed E-state index contributed by atoms with van der Waals surface area (Å²) >= 11 is 0. The lowest BCUT2D eigenvalue weighted by Crippen LogP contribution is -2.39. The van der Waals surface area contributed by atoms with Crippen LogP contribution in [0.5, 0.6) is 0 Å². The smallest absolute Gasteiger partial charge is 0.373 e. The van der Waals surface area contributed by atoms with Crippen molar-refractivity contribution < 1.29 is 22.7 Å². The topological polar surface area (TPSA) is 109 Å². The highest BCUT2D eigenvalue weighted by atomic mass is 32.2. The summed E-state index contributed by atoms with van der Waals surface area (Å²) in [5.74, 6) is -1.46. The van der Waals surface area contributed by atoms with E-state index in [1.165, 1.54) is 0 Å². The van der Waals surface area contributed by atoms with Crippen molar-refractivity contribution in [3.8, 4) is 0 Å². The molecule has 0 aromatic carbocycles. The van der Waals surface area contributed by atoms with Crippen LogP contribution in [0, 0.1) is 0 Å². The van der Waals surface area contributed by atoms with E-state index in [9.17, 15) is 13.2 Å². The van der Waals surface area contributed by atoms with Gasteiger partial charge in [-0.05, 0) is 0 Å². The van der Waals surface area contributed by atoms with Gasteiger partial charge in [-0.2, -0.15) is 0 Å². The Kier molecular flexibility index (Phi) is 2.68. The molecular formula is C8H10N2O5S. The highest BCUT2D eigenvalue weighted by molar-refractivity contribution is 7.91. The molecule has 1 unspecified atom stereocenters. The number of sulfone groups is 1.